The summed E-state index contributed by atoms with van der Waals surface area (Å²) in [6.45, 7) is 8.17. The number of likely N-dealkylation sites (N-methyl/N-ethyl adjacent to an activating group) is 1. The van der Waals surface area contributed by atoms with E-state index in [2.05, 4.69) is 44.3 Å². The van der Waals surface area contributed by atoms with Gasteiger partial charge in [-0.25, -0.2) is 9.37 Å². The highest BCUT2D eigenvalue weighted by Crippen LogP contribution is 2.35. The van der Waals surface area contributed by atoms with Crippen LogP contribution in [0, 0.1) is 12.7 Å². The second-order valence-electron chi connectivity index (χ2n) is 8.78. The first-order valence-electron chi connectivity index (χ1n) is 11.3. The molecule has 1 aliphatic rings. The largest absolute Gasteiger partial charge is 0.419 e. The number of aryl methyl sites for hydroxylation is 1. The Kier molecular flexibility index (Phi) is 6.62. The Morgan fingerprint density at radius 2 is 1.94 bits per heavy atom. The maximum absolute atomic E-state index is 14.7. The molecule has 0 bridgehead atoms. The molecular weight excluding hydrogens is 448 g/mol. The van der Waals surface area contributed by atoms with Gasteiger partial charge in [0.05, 0.1) is 17.3 Å². The quantitative estimate of drug-likeness (QED) is 0.512. The van der Waals surface area contributed by atoms with Gasteiger partial charge in [0, 0.05) is 48.2 Å². The van der Waals surface area contributed by atoms with E-state index in [-0.39, 0.29) is 5.56 Å². The van der Waals surface area contributed by atoms with Crippen molar-refractivity contribution in [1.29, 1.82) is 0 Å². The van der Waals surface area contributed by atoms with Crippen molar-refractivity contribution in [2.45, 2.75) is 45.5 Å². The van der Waals surface area contributed by atoms with Crippen LogP contribution in [0.1, 0.15) is 43.1 Å². The smallest absolute Gasteiger partial charge is 0.361 e. The van der Waals surface area contributed by atoms with Crippen LogP contribution in [0.3, 0.4) is 0 Å². The molecule has 0 aliphatic carbocycles. The van der Waals surface area contributed by atoms with E-state index in [0.717, 1.165) is 48.7 Å². The zero-order valence-corrected chi connectivity index (χ0v) is 19.6. The lowest BCUT2D eigenvalue weighted by molar-refractivity contribution is -0.140. The molecule has 182 valence electrons. The molecule has 10 heteroatoms. The average Bonchev–Trinajstić information content (AvgIpc) is 2.80. The van der Waals surface area contributed by atoms with Crippen molar-refractivity contribution in [3.05, 3.63) is 53.1 Å². The first kappa shape index (κ1) is 24.1. The van der Waals surface area contributed by atoms with E-state index in [1.807, 2.05) is 13.0 Å². The van der Waals surface area contributed by atoms with Crippen molar-refractivity contribution < 1.29 is 17.6 Å². The Morgan fingerprint density at radius 1 is 1.18 bits per heavy atom. The molecule has 2 atom stereocenters. The monoisotopic (exact) mass is 476 g/mol. The van der Waals surface area contributed by atoms with E-state index in [1.165, 1.54) is 12.1 Å². The summed E-state index contributed by atoms with van der Waals surface area (Å²) >= 11 is 0. The fourth-order valence-corrected chi connectivity index (χ4v) is 4.42. The number of hydrogen-bond donors (Lipinski definition) is 1. The van der Waals surface area contributed by atoms with Gasteiger partial charge in [0.2, 0.25) is 0 Å². The SMILES string of the molecule is CC[C@@H]1CN(c2cc3c(N[C@H](C)c4cccc(C(F)(F)F)c4F)nnc(C)c3cn2)CCN1C. The van der Waals surface area contributed by atoms with Crippen LogP contribution in [0.15, 0.2) is 30.5 Å². The van der Waals surface area contributed by atoms with Crippen molar-refractivity contribution in [1.82, 2.24) is 20.1 Å². The predicted molar refractivity (Wildman–Crippen MR) is 124 cm³/mol. The molecule has 6 nitrogen and oxygen atoms in total. The van der Waals surface area contributed by atoms with Crippen LogP contribution in [0.25, 0.3) is 10.8 Å². The number of hydrogen-bond acceptors (Lipinski definition) is 6. The number of nitrogens with one attached hydrogen (secondary N) is 1. The Balaban J connectivity index is 1.68. The number of anilines is 2. The Labute approximate surface area is 196 Å². The summed E-state index contributed by atoms with van der Waals surface area (Å²) in [5.74, 6) is -0.119. The number of benzene rings is 1. The van der Waals surface area contributed by atoms with Gasteiger partial charge in [0.1, 0.15) is 11.6 Å². The highest BCUT2D eigenvalue weighted by atomic mass is 19.4. The molecule has 0 amide bonds. The second kappa shape index (κ2) is 9.32. The number of pyridine rings is 1. The van der Waals surface area contributed by atoms with Crippen LogP contribution in [-0.4, -0.2) is 52.8 Å². The topological polar surface area (TPSA) is 57.2 Å². The Bertz CT molecular complexity index is 1180. The van der Waals surface area contributed by atoms with E-state index < -0.39 is 23.6 Å². The Morgan fingerprint density at radius 3 is 2.65 bits per heavy atom. The lowest BCUT2D eigenvalue weighted by Crippen LogP contribution is -2.51. The molecule has 0 radical (unpaired) electrons. The first-order chi connectivity index (χ1) is 16.1. The minimum atomic E-state index is -4.77. The molecule has 0 unspecified atom stereocenters. The minimum absolute atomic E-state index is 0.0931. The molecular formula is C24H28F4N6. The fourth-order valence-electron chi connectivity index (χ4n) is 4.42. The van der Waals surface area contributed by atoms with Crippen molar-refractivity contribution in [3.63, 3.8) is 0 Å². The minimum Gasteiger partial charge on any atom is -0.361 e. The second-order valence-corrected chi connectivity index (χ2v) is 8.78. The Hall–Kier alpha value is -3.01. The van der Waals surface area contributed by atoms with Gasteiger partial charge in [0.15, 0.2) is 5.82 Å². The third-order valence-electron chi connectivity index (χ3n) is 6.56. The van der Waals surface area contributed by atoms with Gasteiger partial charge in [-0.05, 0) is 39.4 Å². The molecule has 1 aromatic carbocycles. The molecule has 4 rings (SSSR count). The number of rotatable bonds is 5. The molecule has 3 aromatic rings. The summed E-state index contributed by atoms with van der Waals surface area (Å²) in [4.78, 5) is 9.21. The van der Waals surface area contributed by atoms with Gasteiger partial charge < -0.3 is 10.2 Å². The van der Waals surface area contributed by atoms with Gasteiger partial charge in [-0.1, -0.05) is 19.1 Å². The van der Waals surface area contributed by atoms with Gasteiger partial charge in [-0.2, -0.15) is 18.3 Å². The fraction of sp³-hybridized carbons (Fsp3) is 0.458. The predicted octanol–water partition coefficient (Wildman–Crippen LogP) is 5.19. The zero-order valence-electron chi connectivity index (χ0n) is 19.6. The molecule has 0 saturated carbocycles. The lowest BCUT2D eigenvalue weighted by atomic mass is 10.0. The van der Waals surface area contributed by atoms with E-state index >= 15 is 0 Å². The third-order valence-corrected chi connectivity index (χ3v) is 6.56. The summed E-state index contributed by atoms with van der Waals surface area (Å²) in [5, 5.41) is 13.0. The third kappa shape index (κ3) is 4.64. The lowest BCUT2D eigenvalue weighted by Gasteiger charge is -2.39. The molecule has 3 heterocycles. The van der Waals surface area contributed by atoms with Crippen molar-refractivity contribution >= 4 is 22.4 Å². The average molecular weight is 477 g/mol. The molecule has 1 N–H and O–H groups in total. The van der Waals surface area contributed by atoms with Crippen LogP contribution < -0.4 is 10.2 Å². The van der Waals surface area contributed by atoms with Crippen LogP contribution in [0.4, 0.5) is 29.2 Å². The standard InChI is InChI=1S/C24H28F4N6/c1-5-16-13-34(10-9-33(16)4)21-11-18-19(12-29-21)15(3)31-32-23(18)30-14(2)17-7-6-8-20(22(17)25)24(26,27)28/h6-8,11-12,14,16H,5,9-10,13H2,1-4H3,(H,30,32)/t14-,16-/m1/s1. The summed E-state index contributed by atoms with van der Waals surface area (Å²) in [6.07, 6.45) is -2.00. The van der Waals surface area contributed by atoms with Crippen molar-refractivity contribution in [3.8, 4) is 0 Å². The van der Waals surface area contributed by atoms with Gasteiger partial charge in [-0.3, -0.25) is 4.90 Å². The summed E-state index contributed by atoms with van der Waals surface area (Å²) in [5.41, 5.74) is -0.697. The highest BCUT2D eigenvalue weighted by molar-refractivity contribution is 5.94. The van der Waals surface area contributed by atoms with E-state index in [1.54, 1.807) is 13.1 Å². The van der Waals surface area contributed by atoms with Crippen molar-refractivity contribution in [2.75, 3.05) is 36.9 Å². The van der Waals surface area contributed by atoms with Crippen LogP contribution in [0.2, 0.25) is 0 Å². The number of fused-ring (bicyclic) bond motifs is 1. The van der Waals surface area contributed by atoms with Gasteiger partial charge >= 0.3 is 6.18 Å². The molecule has 1 aliphatic heterocycles. The van der Waals surface area contributed by atoms with Crippen LogP contribution >= 0.6 is 0 Å². The van der Waals surface area contributed by atoms with Crippen molar-refractivity contribution in [2.24, 2.45) is 0 Å². The number of halogens is 4. The highest BCUT2D eigenvalue weighted by Gasteiger charge is 2.35. The molecule has 0 spiro atoms. The van der Waals surface area contributed by atoms with Crippen LogP contribution in [0.5, 0.6) is 0 Å². The normalized spacial score (nSPS) is 18.4. The molecule has 1 saturated heterocycles. The van der Waals surface area contributed by atoms with Gasteiger partial charge in [-0.15, -0.1) is 5.10 Å². The zero-order chi connectivity index (χ0) is 24.6. The first-order valence-corrected chi connectivity index (χ1v) is 11.3. The molecule has 34 heavy (non-hydrogen) atoms. The van der Waals surface area contributed by atoms with E-state index in [0.29, 0.717) is 17.6 Å². The summed E-state index contributed by atoms with van der Waals surface area (Å²) in [6, 6.07) is 4.86. The van der Waals surface area contributed by atoms with Crippen LogP contribution in [-0.2, 0) is 6.18 Å². The maximum atomic E-state index is 14.7. The van der Waals surface area contributed by atoms with E-state index in [4.69, 9.17) is 0 Å². The number of alkyl halides is 3. The summed E-state index contributed by atoms with van der Waals surface area (Å²) < 4.78 is 54.2. The molecule has 1 fully saturated rings. The van der Waals surface area contributed by atoms with E-state index in [9.17, 15) is 17.6 Å². The maximum Gasteiger partial charge on any atom is 0.419 e. The number of aromatic nitrogens is 3. The number of piperazine rings is 1. The van der Waals surface area contributed by atoms with Gasteiger partial charge in [0.25, 0.3) is 0 Å². The summed E-state index contributed by atoms with van der Waals surface area (Å²) in [7, 11) is 2.12. The molecule has 2 aromatic heterocycles. The number of nitrogens with zero attached hydrogens (tertiary/aromatic N) is 5.